The summed E-state index contributed by atoms with van der Waals surface area (Å²) in [6, 6.07) is 21.5. The minimum atomic E-state index is -0.161. The number of benzene rings is 3. The average molecular weight is 396 g/mol. The van der Waals surface area contributed by atoms with Crippen LogP contribution in [0.5, 0.6) is 0 Å². The van der Waals surface area contributed by atoms with Crippen LogP contribution in [0.1, 0.15) is 38.2 Å². The lowest BCUT2D eigenvalue weighted by atomic mass is 10.0. The highest BCUT2D eigenvalue weighted by Gasteiger charge is 2.19. The van der Waals surface area contributed by atoms with Crippen molar-refractivity contribution in [3.05, 3.63) is 100 Å². The van der Waals surface area contributed by atoms with Crippen LogP contribution < -0.4 is 5.32 Å². The van der Waals surface area contributed by atoms with E-state index in [0.717, 1.165) is 16.7 Å². The third kappa shape index (κ3) is 4.49. The van der Waals surface area contributed by atoms with Gasteiger partial charge in [-0.2, -0.15) is 0 Å². The first kappa shape index (κ1) is 19.6. The molecular weight excluding hydrogens is 372 g/mol. The monoisotopic (exact) mass is 396 g/mol. The van der Waals surface area contributed by atoms with Gasteiger partial charge in [0.25, 0.3) is 5.91 Å². The number of hydrogen-bond acceptors (Lipinski definition) is 3. The van der Waals surface area contributed by atoms with Gasteiger partial charge >= 0.3 is 0 Å². The molecule has 0 bridgehead atoms. The van der Waals surface area contributed by atoms with Gasteiger partial charge in [-0.3, -0.25) is 4.79 Å². The molecule has 30 heavy (non-hydrogen) atoms. The average Bonchev–Trinajstić information content (AvgIpc) is 3.26. The Kier molecular flexibility index (Phi) is 5.75. The second-order valence-corrected chi connectivity index (χ2v) is 7.38. The van der Waals surface area contributed by atoms with E-state index in [1.807, 2.05) is 42.5 Å². The van der Waals surface area contributed by atoms with Crippen LogP contribution in [0, 0.1) is 13.8 Å². The molecule has 1 heterocycles. The molecule has 0 saturated carbocycles. The SMILES string of the molecule is Cc1cc(C)cc(/C=C/c2cccc(NC(=O)c3ccccc3)c2C2=NCCO2)c1. The van der Waals surface area contributed by atoms with Crippen LogP contribution in [0.2, 0.25) is 0 Å². The van der Waals surface area contributed by atoms with Crippen molar-refractivity contribution in [1.82, 2.24) is 0 Å². The topological polar surface area (TPSA) is 50.7 Å². The van der Waals surface area contributed by atoms with E-state index in [0.29, 0.717) is 30.3 Å². The van der Waals surface area contributed by atoms with Gasteiger partial charge in [0.2, 0.25) is 5.90 Å². The van der Waals surface area contributed by atoms with Crippen LogP contribution in [0.25, 0.3) is 12.2 Å². The van der Waals surface area contributed by atoms with Gasteiger partial charge in [-0.25, -0.2) is 4.99 Å². The van der Waals surface area contributed by atoms with Crippen molar-refractivity contribution in [3.8, 4) is 0 Å². The fraction of sp³-hybridized carbons (Fsp3) is 0.154. The maximum absolute atomic E-state index is 12.7. The van der Waals surface area contributed by atoms with Crippen LogP contribution in [-0.4, -0.2) is 25.0 Å². The molecule has 3 aromatic carbocycles. The van der Waals surface area contributed by atoms with Gasteiger partial charge in [0, 0.05) is 5.56 Å². The van der Waals surface area contributed by atoms with Gasteiger partial charge in [-0.15, -0.1) is 0 Å². The Balaban J connectivity index is 1.71. The number of carbonyl (C=O) groups is 1. The Bertz CT molecular complexity index is 1110. The number of hydrogen-bond donors (Lipinski definition) is 1. The summed E-state index contributed by atoms with van der Waals surface area (Å²) >= 11 is 0. The Labute approximate surface area is 176 Å². The van der Waals surface area contributed by atoms with Crippen molar-refractivity contribution in [2.75, 3.05) is 18.5 Å². The Hall–Kier alpha value is -3.66. The predicted octanol–water partition coefficient (Wildman–Crippen LogP) is 5.50. The predicted molar refractivity (Wildman–Crippen MR) is 123 cm³/mol. The number of nitrogens with one attached hydrogen (secondary N) is 1. The Morgan fingerprint density at radius 2 is 1.73 bits per heavy atom. The third-order valence-corrected chi connectivity index (χ3v) is 4.88. The van der Waals surface area contributed by atoms with E-state index in [1.54, 1.807) is 12.1 Å². The number of aryl methyl sites for hydroxylation is 2. The fourth-order valence-corrected chi connectivity index (χ4v) is 3.61. The molecule has 1 N–H and O–H groups in total. The molecule has 3 aromatic rings. The summed E-state index contributed by atoms with van der Waals surface area (Å²) in [6.07, 6.45) is 4.13. The summed E-state index contributed by atoms with van der Waals surface area (Å²) in [6.45, 7) is 5.36. The van der Waals surface area contributed by atoms with Crippen molar-refractivity contribution < 1.29 is 9.53 Å². The minimum Gasteiger partial charge on any atom is -0.475 e. The van der Waals surface area contributed by atoms with E-state index in [2.05, 4.69) is 48.4 Å². The summed E-state index contributed by atoms with van der Waals surface area (Å²) in [5.41, 5.74) is 6.62. The van der Waals surface area contributed by atoms with Crippen LogP contribution >= 0.6 is 0 Å². The zero-order valence-corrected chi connectivity index (χ0v) is 17.2. The van der Waals surface area contributed by atoms with Crippen molar-refractivity contribution in [1.29, 1.82) is 0 Å². The number of aliphatic imine (C=N–C) groups is 1. The maximum Gasteiger partial charge on any atom is 0.255 e. The first-order chi connectivity index (χ1) is 14.6. The smallest absolute Gasteiger partial charge is 0.255 e. The summed E-state index contributed by atoms with van der Waals surface area (Å²) in [4.78, 5) is 17.2. The Morgan fingerprint density at radius 3 is 2.43 bits per heavy atom. The molecule has 4 nitrogen and oxygen atoms in total. The van der Waals surface area contributed by atoms with Gasteiger partial charge < -0.3 is 10.1 Å². The van der Waals surface area contributed by atoms with Crippen LogP contribution in [-0.2, 0) is 4.74 Å². The molecule has 0 atom stereocenters. The van der Waals surface area contributed by atoms with Gasteiger partial charge in [0.15, 0.2) is 0 Å². The second-order valence-electron chi connectivity index (χ2n) is 7.38. The number of carbonyl (C=O) groups excluding carboxylic acids is 1. The molecule has 0 saturated heterocycles. The largest absolute Gasteiger partial charge is 0.475 e. The molecule has 0 radical (unpaired) electrons. The zero-order chi connectivity index (χ0) is 20.9. The molecule has 0 aliphatic carbocycles. The quantitative estimate of drug-likeness (QED) is 0.579. The van der Waals surface area contributed by atoms with E-state index < -0.39 is 0 Å². The number of rotatable bonds is 5. The number of amides is 1. The van der Waals surface area contributed by atoms with Crippen molar-refractivity contribution in [3.63, 3.8) is 0 Å². The number of ether oxygens (including phenoxy) is 1. The fourth-order valence-electron chi connectivity index (χ4n) is 3.61. The first-order valence-corrected chi connectivity index (χ1v) is 10.0. The Morgan fingerprint density at radius 1 is 0.967 bits per heavy atom. The summed E-state index contributed by atoms with van der Waals surface area (Å²) < 4.78 is 5.76. The zero-order valence-electron chi connectivity index (χ0n) is 17.2. The summed E-state index contributed by atoms with van der Waals surface area (Å²) in [7, 11) is 0. The van der Waals surface area contributed by atoms with E-state index in [1.165, 1.54) is 11.1 Å². The van der Waals surface area contributed by atoms with Crippen molar-refractivity contribution in [2.24, 2.45) is 4.99 Å². The van der Waals surface area contributed by atoms with E-state index in [9.17, 15) is 4.79 Å². The normalized spacial score (nSPS) is 13.2. The third-order valence-electron chi connectivity index (χ3n) is 4.88. The lowest BCUT2D eigenvalue weighted by Gasteiger charge is -2.14. The summed E-state index contributed by atoms with van der Waals surface area (Å²) in [5, 5.41) is 3.03. The highest BCUT2D eigenvalue weighted by atomic mass is 16.5. The van der Waals surface area contributed by atoms with E-state index >= 15 is 0 Å². The van der Waals surface area contributed by atoms with Crippen molar-refractivity contribution >= 4 is 29.6 Å². The van der Waals surface area contributed by atoms with Gasteiger partial charge in [0.1, 0.15) is 6.61 Å². The molecule has 1 aliphatic rings. The molecule has 0 aromatic heterocycles. The molecule has 150 valence electrons. The van der Waals surface area contributed by atoms with E-state index in [4.69, 9.17) is 4.74 Å². The van der Waals surface area contributed by atoms with Crippen LogP contribution in [0.3, 0.4) is 0 Å². The number of nitrogens with zero attached hydrogens (tertiary/aromatic N) is 1. The molecule has 4 heteroatoms. The first-order valence-electron chi connectivity index (χ1n) is 10.0. The standard InChI is InChI=1S/C26H24N2O2/c1-18-15-19(2)17-20(16-18)11-12-21-9-6-10-23(24(21)26-27-13-14-30-26)28-25(29)22-7-4-3-5-8-22/h3-12,15-17H,13-14H2,1-2H3,(H,28,29)/b12-11+. The molecule has 0 unspecified atom stereocenters. The molecular formula is C26H24N2O2. The van der Waals surface area contributed by atoms with E-state index in [-0.39, 0.29) is 5.91 Å². The highest BCUT2D eigenvalue weighted by molar-refractivity contribution is 6.11. The van der Waals surface area contributed by atoms with Gasteiger partial charge in [0.05, 0.1) is 17.8 Å². The molecule has 4 rings (SSSR count). The van der Waals surface area contributed by atoms with Crippen LogP contribution in [0.15, 0.2) is 71.7 Å². The summed E-state index contributed by atoms with van der Waals surface area (Å²) in [5.74, 6) is 0.407. The van der Waals surface area contributed by atoms with Gasteiger partial charge in [-0.05, 0) is 43.2 Å². The molecule has 1 aliphatic heterocycles. The minimum absolute atomic E-state index is 0.161. The lowest BCUT2D eigenvalue weighted by Crippen LogP contribution is -2.16. The molecule has 0 spiro atoms. The van der Waals surface area contributed by atoms with Crippen LogP contribution in [0.4, 0.5) is 5.69 Å². The second kappa shape index (κ2) is 8.78. The van der Waals surface area contributed by atoms with Gasteiger partial charge in [-0.1, -0.05) is 71.8 Å². The molecule has 1 amide bonds. The van der Waals surface area contributed by atoms with Crippen molar-refractivity contribution in [2.45, 2.75) is 13.8 Å². The molecule has 0 fully saturated rings. The highest BCUT2D eigenvalue weighted by Crippen LogP contribution is 2.26. The number of anilines is 1. The lowest BCUT2D eigenvalue weighted by molar-refractivity contribution is 0.102. The maximum atomic E-state index is 12.7.